The van der Waals surface area contributed by atoms with Crippen molar-refractivity contribution in [1.82, 2.24) is 19.6 Å². The molecule has 6 nitrogen and oxygen atoms in total. The molecule has 20 heavy (non-hydrogen) atoms. The average Bonchev–Trinajstić information content (AvgIpc) is 2.37. The standard InChI is InChI=1S/C14H28N4O2/c1-13(19)18(7-5-6-15(2)3)12-14(20)17-10-8-16(4)9-11-17/h5-12H2,1-4H3. The Morgan fingerprint density at radius 1 is 1.05 bits per heavy atom. The lowest BCUT2D eigenvalue weighted by Gasteiger charge is -2.34. The quantitative estimate of drug-likeness (QED) is 0.663. The smallest absolute Gasteiger partial charge is 0.242 e. The lowest BCUT2D eigenvalue weighted by Crippen LogP contribution is -2.50. The monoisotopic (exact) mass is 284 g/mol. The summed E-state index contributed by atoms with van der Waals surface area (Å²) in [6, 6.07) is 0. The van der Waals surface area contributed by atoms with E-state index in [9.17, 15) is 9.59 Å². The van der Waals surface area contributed by atoms with E-state index in [1.165, 1.54) is 6.92 Å². The van der Waals surface area contributed by atoms with Gasteiger partial charge < -0.3 is 19.6 Å². The average molecular weight is 284 g/mol. The number of carbonyl (C=O) groups excluding carboxylic acids is 2. The largest absolute Gasteiger partial charge is 0.339 e. The van der Waals surface area contributed by atoms with Crippen LogP contribution in [-0.2, 0) is 9.59 Å². The van der Waals surface area contributed by atoms with Crippen LogP contribution >= 0.6 is 0 Å². The summed E-state index contributed by atoms with van der Waals surface area (Å²) in [5.41, 5.74) is 0. The van der Waals surface area contributed by atoms with Gasteiger partial charge in [0.1, 0.15) is 0 Å². The Morgan fingerprint density at radius 3 is 2.15 bits per heavy atom. The van der Waals surface area contributed by atoms with E-state index in [1.807, 2.05) is 19.0 Å². The first kappa shape index (κ1) is 16.9. The van der Waals surface area contributed by atoms with Crippen LogP contribution in [0.4, 0.5) is 0 Å². The first-order valence-corrected chi connectivity index (χ1v) is 7.26. The molecule has 1 fully saturated rings. The Bertz CT molecular complexity index is 325. The zero-order chi connectivity index (χ0) is 15.1. The third kappa shape index (κ3) is 5.88. The molecule has 0 atom stereocenters. The van der Waals surface area contributed by atoms with Crippen molar-refractivity contribution in [3.05, 3.63) is 0 Å². The van der Waals surface area contributed by atoms with Crippen LogP contribution in [0.25, 0.3) is 0 Å². The fraction of sp³-hybridized carbons (Fsp3) is 0.857. The molecule has 0 aromatic rings. The van der Waals surface area contributed by atoms with Gasteiger partial charge in [0.15, 0.2) is 0 Å². The highest BCUT2D eigenvalue weighted by Crippen LogP contribution is 2.02. The van der Waals surface area contributed by atoms with Crippen LogP contribution in [0.15, 0.2) is 0 Å². The molecular formula is C14H28N4O2. The number of hydrogen-bond acceptors (Lipinski definition) is 4. The molecule has 1 saturated heterocycles. The van der Waals surface area contributed by atoms with Gasteiger partial charge in [0.05, 0.1) is 6.54 Å². The van der Waals surface area contributed by atoms with E-state index >= 15 is 0 Å². The molecular weight excluding hydrogens is 256 g/mol. The van der Waals surface area contributed by atoms with Crippen LogP contribution in [0.5, 0.6) is 0 Å². The van der Waals surface area contributed by atoms with E-state index in [0.717, 1.165) is 39.1 Å². The minimum Gasteiger partial charge on any atom is -0.339 e. The van der Waals surface area contributed by atoms with E-state index < -0.39 is 0 Å². The van der Waals surface area contributed by atoms with Gasteiger partial charge in [-0.2, -0.15) is 0 Å². The van der Waals surface area contributed by atoms with Gasteiger partial charge in [-0.3, -0.25) is 9.59 Å². The van der Waals surface area contributed by atoms with Crippen LogP contribution in [0.3, 0.4) is 0 Å². The van der Waals surface area contributed by atoms with E-state index in [4.69, 9.17) is 0 Å². The highest BCUT2D eigenvalue weighted by atomic mass is 16.2. The second-order valence-corrected chi connectivity index (χ2v) is 5.78. The molecule has 0 N–H and O–H groups in total. The van der Waals surface area contributed by atoms with Crippen molar-refractivity contribution in [2.75, 3.05) is 67.0 Å². The minimum atomic E-state index is -0.0220. The summed E-state index contributed by atoms with van der Waals surface area (Å²) < 4.78 is 0. The summed E-state index contributed by atoms with van der Waals surface area (Å²) >= 11 is 0. The topological polar surface area (TPSA) is 47.1 Å². The number of likely N-dealkylation sites (N-methyl/N-ethyl adjacent to an activating group) is 1. The molecule has 0 radical (unpaired) electrons. The van der Waals surface area contributed by atoms with Gasteiger partial charge in [0, 0.05) is 39.6 Å². The predicted octanol–water partition coefficient (Wildman–Crippen LogP) is -0.439. The Labute approximate surface area is 122 Å². The molecule has 0 aliphatic carbocycles. The molecule has 2 amide bonds. The molecule has 1 aliphatic rings. The summed E-state index contributed by atoms with van der Waals surface area (Å²) in [6.07, 6.45) is 0.891. The van der Waals surface area contributed by atoms with Crippen LogP contribution in [0.2, 0.25) is 0 Å². The van der Waals surface area contributed by atoms with Crippen molar-refractivity contribution < 1.29 is 9.59 Å². The van der Waals surface area contributed by atoms with Crippen LogP contribution in [0.1, 0.15) is 13.3 Å². The van der Waals surface area contributed by atoms with Crippen LogP contribution < -0.4 is 0 Å². The van der Waals surface area contributed by atoms with Gasteiger partial charge in [-0.15, -0.1) is 0 Å². The zero-order valence-electron chi connectivity index (χ0n) is 13.3. The fourth-order valence-electron chi connectivity index (χ4n) is 2.24. The van der Waals surface area contributed by atoms with Crippen molar-refractivity contribution in [1.29, 1.82) is 0 Å². The summed E-state index contributed by atoms with van der Waals surface area (Å²) in [7, 11) is 6.08. The van der Waals surface area contributed by atoms with Crippen molar-refractivity contribution in [2.24, 2.45) is 0 Å². The summed E-state index contributed by atoms with van der Waals surface area (Å²) in [5.74, 6) is 0.0457. The SMILES string of the molecule is CC(=O)N(CCCN(C)C)CC(=O)N1CCN(C)CC1. The molecule has 0 aromatic carbocycles. The fourth-order valence-corrected chi connectivity index (χ4v) is 2.24. The highest BCUT2D eigenvalue weighted by Gasteiger charge is 2.22. The molecule has 1 heterocycles. The third-order valence-corrected chi connectivity index (χ3v) is 3.66. The second-order valence-electron chi connectivity index (χ2n) is 5.78. The van der Waals surface area contributed by atoms with E-state index in [2.05, 4.69) is 16.8 Å². The highest BCUT2D eigenvalue weighted by molar-refractivity contribution is 5.83. The van der Waals surface area contributed by atoms with Gasteiger partial charge in [-0.1, -0.05) is 0 Å². The number of nitrogens with zero attached hydrogens (tertiary/aromatic N) is 4. The van der Waals surface area contributed by atoms with Crippen molar-refractivity contribution in [3.63, 3.8) is 0 Å². The zero-order valence-corrected chi connectivity index (χ0v) is 13.3. The Morgan fingerprint density at radius 2 is 1.65 bits per heavy atom. The van der Waals surface area contributed by atoms with E-state index in [0.29, 0.717) is 6.54 Å². The van der Waals surface area contributed by atoms with Crippen molar-refractivity contribution >= 4 is 11.8 Å². The number of piperazine rings is 1. The van der Waals surface area contributed by atoms with E-state index in [-0.39, 0.29) is 18.4 Å². The Kier molecular flexibility index (Phi) is 6.95. The molecule has 0 unspecified atom stereocenters. The number of rotatable bonds is 6. The summed E-state index contributed by atoms with van der Waals surface area (Å²) in [6.45, 7) is 6.66. The number of amides is 2. The molecule has 0 spiro atoms. The first-order valence-electron chi connectivity index (χ1n) is 7.26. The Hall–Kier alpha value is -1.14. The first-order chi connectivity index (χ1) is 9.40. The van der Waals surface area contributed by atoms with Gasteiger partial charge in [0.2, 0.25) is 11.8 Å². The maximum absolute atomic E-state index is 12.2. The van der Waals surface area contributed by atoms with Crippen LogP contribution in [0, 0.1) is 0 Å². The maximum atomic E-state index is 12.2. The Balaban J connectivity index is 2.40. The lowest BCUT2D eigenvalue weighted by molar-refractivity contribution is -0.140. The maximum Gasteiger partial charge on any atom is 0.242 e. The third-order valence-electron chi connectivity index (χ3n) is 3.66. The molecule has 1 rings (SSSR count). The van der Waals surface area contributed by atoms with Crippen molar-refractivity contribution in [3.8, 4) is 0 Å². The van der Waals surface area contributed by atoms with Gasteiger partial charge in [0.25, 0.3) is 0 Å². The predicted molar refractivity (Wildman–Crippen MR) is 79.5 cm³/mol. The lowest BCUT2D eigenvalue weighted by atomic mass is 10.3. The second kappa shape index (κ2) is 8.21. The molecule has 6 heteroatoms. The summed E-state index contributed by atoms with van der Waals surface area (Å²) in [5, 5.41) is 0. The van der Waals surface area contributed by atoms with Crippen LogP contribution in [-0.4, -0.2) is 98.4 Å². The molecule has 0 bridgehead atoms. The van der Waals surface area contributed by atoms with Gasteiger partial charge in [-0.05, 0) is 34.1 Å². The van der Waals surface area contributed by atoms with Gasteiger partial charge in [-0.25, -0.2) is 0 Å². The number of carbonyl (C=O) groups is 2. The number of hydrogen-bond donors (Lipinski definition) is 0. The van der Waals surface area contributed by atoms with Gasteiger partial charge >= 0.3 is 0 Å². The summed E-state index contributed by atoms with van der Waals surface area (Å²) in [4.78, 5) is 31.7. The molecule has 0 aromatic heterocycles. The molecule has 1 aliphatic heterocycles. The normalized spacial score (nSPS) is 16.6. The molecule has 0 saturated carbocycles. The van der Waals surface area contributed by atoms with Crippen molar-refractivity contribution in [2.45, 2.75) is 13.3 Å². The van der Waals surface area contributed by atoms with E-state index in [1.54, 1.807) is 4.90 Å². The molecule has 116 valence electrons. The minimum absolute atomic E-state index is 0.0220.